The zero-order chi connectivity index (χ0) is 46.8. The number of phosphoric ester groups is 1. The second-order valence-corrected chi connectivity index (χ2v) is 20.1. The molecule has 66 heavy (non-hydrogen) atoms. The molecule has 17 heteroatoms. The van der Waals surface area contributed by atoms with E-state index in [-0.39, 0.29) is 37.2 Å². The normalized spacial score (nSPS) is 21.4. The van der Waals surface area contributed by atoms with Crippen molar-refractivity contribution in [3.8, 4) is 11.8 Å². The monoisotopic (exact) mass is 952 g/mol. The van der Waals surface area contributed by atoms with Crippen LogP contribution >= 0.6 is 19.4 Å². The molecule has 0 spiro atoms. The van der Waals surface area contributed by atoms with Crippen molar-refractivity contribution in [3.63, 3.8) is 0 Å². The molecule has 362 valence electrons. The van der Waals surface area contributed by atoms with E-state index in [1.54, 1.807) is 48.0 Å². The Morgan fingerprint density at radius 3 is 2.24 bits per heavy atom. The summed E-state index contributed by atoms with van der Waals surface area (Å²) in [6.45, 7) is 7.96. The molecule has 0 bridgehead atoms. The van der Waals surface area contributed by atoms with Crippen LogP contribution in [0.4, 0.5) is 5.82 Å². The number of pyridine rings is 1. The molecule has 0 amide bonds. The molecule has 5 heterocycles. The number of phosphoric acid groups is 1. The van der Waals surface area contributed by atoms with E-state index >= 15 is 0 Å². The second-order valence-electron chi connectivity index (χ2n) is 18.1. The van der Waals surface area contributed by atoms with Gasteiger partial charge in [-0.2, -0.15) is 10.4 Å². The van der Waals surface area contributed by atoms with E-state index in [1.165, 1.54) is 96.0 Å². The number of halogens is 1. The van der Waals surface area contributed by atoms with Gasteiger partial charge in [0.15, 0.2) is 11.6 Å². The molecular weight excluding hydrogens is 883 g/mol. The molecule has 6 rings (SSSR count). The number of unbranched alkanes of at least 4 members (excludes halogenated alkanes) is 15. The van der Waals surface area contributed by atoms with Gasteiger partial charge in [0, 0.05) is 19.0 Å². The van der Waals surface area contributed by atoms with Crippen LogP contribution in [-0.4, -0.2) is 75.7 Å². The third-order valence-corrected chi connectivity index (χ3v) is 13.7. The van der Waals surface area contributed by atoms with Crippen molar-refractivity contribution >= 4 is 30.8 Å². The molecule has 0 aliphatic carbocycles. The topological polar surface area (TPSA) is 184 Å². The van der Waals surface area contributed by atoms with Gasteiger partial charge in [-0.1, -0.05) is 127 Å². The van der Waals surface area contributed by atoms with Crippen molar-refractivity contribution in [1.82, 2.24) is 19.6 Å². The molecule has 2 aliphatic rings. The zero-order valence-corrected chi connectivity index (χ0v) is 40.9. The molecule has 0 radical (unpaired) electrons. The summed E-state index contributed by atoms with van der Waals surface area (Å²) in [7, 11) is -4.49. The SMILES string of the molecule is CCCCCCCCCCCCCCCCCCOC[C@H](COP(=O)(OC[C@@]1(C)O[C@@H](c2ccc3c(N)ncnn23)[C@@H]2OC(C)(C)O[C@@H]21)Oc1ccccc1Cl)OCc1cncc(C#N)c1. The number of nitrogens with zero attached hydrogens (tertiary/aromatic N) is 5. The lowest BCUT2D eigenvalue weighted by atomic mass is 9.97. The minimum absolute atomic E-state index is 0.101. The Morgan fingerprint density at radius 2 is 1.56 bits per heavy atom. The summed E-state index contributed by atoms with van der Waals surface area (Å²) in [5.41, 5.74) is 7.30. The highest BCUT2D eigenvalue weighted by Gasteiger charge is 2.62. The van der Waals surface area contributed by atoms with Crippen LogP contribution in [0.3, 0.4) is 0 Å². The minimum Gasteiger partial charge on any atom is -0.402 e. The summed E-state index contributed by atoms with van der Waals surface area (Å²) in [6.07, 6.45) is 22.4. The number of para-hydroxylation sites is 1. The third-order valence-electron chi connectivity index (χ3n) is 12.1. The summed E-state index contributed by atoms with van der Waals surface area (Å²) >= 11 is 6.50. The first-order chi connectivity index (χ1) is 31.9. The van der Waals surface area contributed by atoms with Crippen LogP contribution < -0.4 is 10.3 Å². The van der Waals surface area contributed by atoms with Gasteiger partial charge in [0.1, 0.15) is 53.7 Å². The van der Waals surface area contributed by atoms with E-state index in [0.29, 0.717) is 34.8 Å². The molecule has 15 nitrogen and oxygen atoms in total. The number of fused-ring (bicyclic) bond motifs is 2. The van der Waals surface area contributed by atoms with Gasteiger partial charge >= 0.3 is 7.82 Å². The van der Waals surface area contributed by atoms with Crippen LogP contribution in [0.25, 0.3) is 5.52 Å². The summed E-state index contributed by atoms with van der Waals surface area (Å²) in [6, 6.07) is 14.1. The Morgan fingerprint density at radius 1 is 0.879 bits per heavy atom. The smallest absolute Gasteiger partial charge is 0.402 e. The van der Waals surface area contributed by atoms with Crippen LogP contribution in [-0.2, 0) is 43.9 Å². The van der Waals surface area contributed by atoms with Crippen LogP contribution in [0.1, 0.15) is 153 Å². The van der Waals surface area contributed by atoms with E-state index in [9.17, 15) is 9.83 Å². The first-order valence-electron chi connectivity index (χ1n) is 23.9. The lowest BCUT2D eigenvalue weighted by Crippen LogP contribution is -2.44. The highest BCUT2D eigenvalue weighted by Crippen LogP contribution is 2.55. The number of anilines is 1. The Kier molecular flexibility index (Phi) is 20.1. The highest BCUT2D eigenvalue weighted by molar-refractivity contribution is 7.49. The molecular formula is C49H70ClN6O9P. The standard InChI is InChI=1S/C49H70ClN6O9P/c1-5-6-7-8-9-10-11-12-13-14-15-16-17-18-19-22-27-58-33-39(59-32-38-28-37(29-51)30-53-31-38)34-60-66(57,65-43-24-21-20-23-40(43)50)61-35-49(4)46-45(62-48(2,3)64-46)44(63-49)41-25-26-42-47(52)54-36-55-56(41)42/h20-21,23-26,28,30-31,36,39,44-46H,5-19,22,27,32-35H2,1-4H3,(H2,52,54,55)/t39-,44+,45+,46+,49-,66?/m1/s1. The van der Waals surface area contributed by atoms with Crippen molar-refractivity contribution in [2.45, 2.75) is 173 Å². The van der Waals surface area contributed by atoms with E-state index in [4.69, 9.17) is 54.6 Å². The van der Waals surface area contributed by atoms with E-state index < -0.39 is 43.6 Å². The van der Waals surface area contributed by atoms with E-state index in [0.717, 1.165) is 19.3 Å². The number of rotatable bonds is 31. The predicted octanol–water partition coefficient (Wildman–Crippen LogP) is 11.7. The first kappa shape index (κ1) is 51.7. The first-order valence-corrected chi connectivity index (χ1v) is 25.7. The minimum atomic E-state index is -4.49. The summed E-state index contributed by atoms with van der Waals surface area (Å²) in [5, 5.41) is 14.1. The summed E-state index contributed by atoms with van der Waals surface area (Å²) in [4.78, 5) is 8.27. The van der Waals surface area contributed by atoms with Gasteiger partial charge in [0.2, 0.25) is 0 Å². The molecule has 4 aromatic rings. The molecule has 2 aliphatic heterocycles. The number of nitrogens with two attached hydrogens (primary N) is 1. The second kappa shape index (κ2) is 25.6. The van der Waals surface area contributed by atoms with Gasteiger partial charge in [-0.3, -0.25) is 14.0 Å². The summed E-state index contributed by atoms with van der Waals surface area (Å²) in [5.74, 6) is -0.547. The molecule has 0 saturated carbocycles. The third kappa shape index (κ3) is 15.2. The van der Waals surface area contributed by atoms with Gasteiger partial charge in [-0.15, -0.1) is 0 Å². The van der Waals surface area contributed by atoms with Crippen molar-refractivity contribution < 1.29 is 41.8 Å². The summed E-state index contributed by atoms with van der Waals surface area (Å²) < 4.78 is 66.8. The van der Waals surface area contributed by atoms with Crippen LogP contribution in [0.5, 0.6) is 5.75 Å². The Hall–Kier alpha value is -3.68. The fraction of sp³-hybridized carbons (Fsp3) is 0.633. The van der Waals surface area contributed by atoms with E-state index in [2.05, 4.69) is 28.1 Å². The fourth-order valence-electron chi connectivity index (χ4n) is 8.50. The van der Waals surface area contributed by atoms with Crippen molar-refractivity contribution in [2.75, 3.05) is 32.2 Å². The quantitative estimate of drug-likeness (QED) is 0.0371. The lowest BCUT2D eigenvalue weighted by Gasteiger charge is -2.32. The molecule has 1 unspecified atom stereocenters. The molecule has 3 aromatic heterocycles. The Balaban J connectivity index is 1.04. The number of hydrogen-bond acceptors (Lipinski definition) is 14. The number of benzene rings is 1. The maximum absolute atomic E-state index is 14.8. The van der Waals surface area contributed by atoms with Crippen molar-refractivity contribution in [3.05, 3.63) is 83.0 Å². The van der Waals surface area contributed by atoms with E-state index in [1.807, 2.05) is 26.0 Å². The predicted molar refractivity (Wildman–Crippen MR) is 253 cm³/mol. The number of aromatic nitrogens is 4. The van der Waals surface area contributed by atoms with Gasteiger partial charge in [-0.05, 0) is 63.1 Å². The molecule has 6 atom stereocenters. The number of hydrogen-bond donors (Lipinski definition) is 1. The van der Waals surface area contributed by atoms with Crippen LogP contribution in [0.2, 0.25) is 5.02 Å². The van der Waals surface area contributed by atoms with Crippen LogP contribution in [0.15, 0.2) is 61.2 Å². The number of nitrogen functional groups attached to an aromatic ring is 1. The van der Waals surface area contributed by atoms with Gasteiger partial charge in [-0.25, -0.2) is 14.1 Å². The Bertz CT molecular complexity index is 2190. The molecule has 2 saturated heterocycles. The maximum Gasteiger partial charge on any atom is 0.530 e. The highest BCUT2D eigenvalue weighted by atomic mass is 35.5. The number of ether oxygens (including phenoxy) is 5. The lowest BCUT2D eigenvalue weighted by molar-refractivity contribution is -0.212. The van der Waals surface area contributed by atoms with Crippen LogP contribution in [0, 0.1) is 11.3 Å². The molecule has 2 fully saturated rings. The molecule has 2 N–H and O–H groups in total. The molecule has 1 aromatic carbocycles. The van der Waals surface area contributed by atoms with Crippen molar-refractivity contribution in [1.29, 1.82) is 5.26 Å². The Labute approximate surface area is 395 Å². The fourth-order valence-corrected chi connectivity index (χ4v) is 10.1. The number of nitriles is 1. The van der Waals surface area contributed by atoms with Crippen molar-refractivity contribution in [2.24, 2.45) is 0 Å². The zero-order valence-electron chi connectivity index (χ0n) is 39.2. The average Bonchev–Trinajstić information content (AvgIpc) is 3.97. The average molecular weight is 954 g/mol. The van der Waals surface area contributed by atoms with Gasteiger partial charge < -0.3 is 33.9 Å². The van der Waals surface area contributed by atoms with Gasteiger partial charge in [0.25, 0.3) is 0 Å². The largest absolute Gasteiger partial charge is 0.530 e. The van der Waals surface area contributed by atoms with Gasteiger partial charge in [0.05, 0.1) is 42.7 Å². The maximum atomic E-state index is 14.8.